The Kier molecular flexibility index (Phi) is 6.32. The Morgan fingerprint density at radius 2 is 1.93 bits per heavy atom. The number of rotatable bonds is 6. The number of anilines is 2. The number of nitrogen functional groups attached to an aromatic ring is 1. The maximum absolute atomic E-state index is 15.1. The van der Waals surface area contributed by atoms with Gasteiger partial charge in [0.2, 0.25) is 0 Å². The minimum atomic E-state index is -0.716. The van der Waals surface area contributed by atoms with Gasteiger partial charge < -0.3 is 15.4 Å². The highest BCUT2D eigenvalue weighted by atomic mass is 35.5. The number of carbonyl (C=O) groups excluding carboxylic acids is 1. The molecule has 1 aromatic heterocycles. The van der Waals surface area contributed by atoms with Gasteiger partial charge in [-0.05, 0) is 17.7 Å². The normalized spacial score (nSPS) is 10.5. The highest BCUT2D eigenvalue weighted by molar-refractivity contribution is 6.33. The van der Waals surface area contributed by atoms with Crippen molar-refractivity contribution in [3.05, 3.63) is 76.7 Å². The van der Waals surface area contributed by atoms with Crippen molar-refractivity contribution in [3.8, 4) is 11.4 Å². The number of benzene rings is 2. The number of aromatic nitrogens is 2. The molecule has 0 atom stereocenters. The third-order valence-corrected chi connectivity index (χ3v) is 4.65. The lowest BCUT2D eigenvalue weighted by Gasteiger charge is -2.17. The molecule has 0 saturated carbocycles. The lowest BCUT2D eigenvalue weighted by molar-refractivity contribution is 0.0465. The summed E-state index contributed by atoms with van der Waals surface area (Å²) in [6.45, 7) is 3.71. The van der Waals surface area contributed by atoms with E-state index in [1.807, 2.05) is 30.3 Å². The van der Waals surface area contributed by atoms with Gasteiger partial charge in [0.15, 0.2) is 17.3 Å². The summed E-state index contributed by atoms with van der Waals surface area (Å²) in [7, 11) is 3.33. The predicted molar refractivity (Wildman–Crippen MR) is 117 cm³/mol. The molecule has 3 aromatic rings. The number of esters is 1. The quantitative estimate of drug-likeness (QED) is 0.581. The van der Waals surface area contributed by atoms with Crippen LogP contribution in [0, 0.1) is 5.82 Å². The van der Waals surface area contributed by atoms with Crippen molar-refractivity contribution in [1.82, 2.24) is 9.97 Å². The van der Waals surface area contributed by atoms with E-state index in [0.29, 0.717) is 0 Å². The number of hydrogen-bond donors (Lipinski definition) is 1. The van der Waals surface area contributed by atoms with Crippen LogP contribution in [0.25, 0.3) is 17.5 Å². The fraction of sp³-hybridized carbons (Fsp3) is 0.136. The predicted octanol–water partition coefficient (Wildman–Crippen LogP) is 4.58. The number of nitrogens with two attached hydrogens (primary N) is 1. The zero-order chi connectivity index (χ0) is 21.8. The molecule has 0 fully saturated rings. The Morgan fingerprint density at radius 1 is 1.23 bits per heavy atom. The molecule has 3 rings (SSSR count). The summed E-state index contributed by atoms with van der Waals surface area (Å²) in [4.78, 5) is 22.6. The molecule has 0 spiro atoms. The molecule has 0 aliphatic carbocycles. The molecular weight excluding hydrogens is 407 g/mol. The zero-order valence-electron chi connectivity index (χ0n) is 16.5. The van der Waals surface area contributed by atoms with Crippen LogP contribution in [0.1, 0.15) is 21.6 Å². The molecule has 6 nitrogen and oxygen atoms in total. The Hall–Kier alpha value is -3.45. The smallest absolute Gasteiger partial charge is 0.358 e. The molecule has 0 unspecified atom stereocenters. The summed E-state index contributed by atoms with van der Waals surface area (Å²) < 4.78 is 20.5. The highest BCUT2D eigenvalue weighted by Crippen LogP contribution is 2.34. The van der Waals surface area contributed by atoms with Crippen LogP contribution < -0.4 is 10.6 Å². The average molecular weight is 427 g/mol. The van der Waals surface area contributed by atoms with Gasteiger partial charge in [-0.3, -0.25) is 0 Å². The Labute approximate surface area is 178 Å². The van der Waals surface area contributed by atoms with Gasteiger partial charge in [0.1, 0.15) is 12.4 Å². The number of nitrogens with zero attached hydrogens (tertiary/aromatic N) is 3. The lowest BCUT2D eigenvalue weighted by Crippen LogP contribution is -2.15. The van der Waals surface area contributed by atoms with Gasteiger partial charge in [0.05, 0.1) is 16.3 Å². The molecule has 0 aliphatic rings. The molecule has 0 amide bonds. The van der Waals surface area contributed by atoms with Gasteiger partial charge in [-0.2, -0.15) is 0 Å². The van der Waals surface area contributed by atoms with Gasteiger partial charge in [0.25, 0.3) is 0 Å². The largest absolute Gasteiger partial charge is 0.456 e. The van der Waals surface area contributed by atoms with Gasteiger partial charge in [-0.15, -0.1) is 0 Å². The summed E-state index contributed by atoms with van der Waals surface area (Å²) in [6.07, 6.45) is 1.36. The van der Waals surface area contributed by atoms with E-state index in [0.717, 1.165) is 5.56 Å². The highest BCUT2D eigenvalue weighted by Gasteiger charge is 2.23. The molecule has 2 N–H and O–H groups in total. The fourth-order valence-electron chi connectivity index (χ4n) is 2.88. The molecule has 8 heteroatoms. The Bertz CT molecular complexity index is 1100. The second kappa shape index (κ2) is 8.92. The van der Waals surface area contributed by atoms with E-state index in [4.69, 9.17) is 22.1 Å². The molecule has 0 bridgehead atoms. The van der Waals surface area contributed by atoms with Crippen molar-refractivity contribution in [3.63, 3.8) is 0 Å². The van der Waals surface area contributed by atoms with E-state index in [9.17, 15) is 4.79 Å². The average Bonchev–Trinajstić information content (AvgIpc) is 2.72. The Morgan fingerprint density at radius 3 is 2.57 bits per heavy atom. The summed E-state index contributed by atoms with van der Waals surface area (Å²) in [5.41, 5.74) is 7.18. The molecule has 2 aromatic carbocycles. The van der Waals surface area contributed by atoms with Crippen LogP contribution in [0.5, 0.6) is 0 Å². The number of ether oxygens (including phenoxy) is 1. The zero-order valence-corrected chi connectivity index (χ0v) is 17.3. The first kappa shape index (κ1) is 21.3. The maximum atomic E-state index is 15.1. The van der Waals surface area contributed by atoms with E-state index in [1.54, 1.807) is 14.1 Å². The molecule has 0 radical (unpaired) electrons. The first-order valence-electron chi connectivity index (χ1n) is 9.00. The lowest BCUT2D eigenvalue weighted by atomic mass is 10.1. The van der Waals surface area contributed by atoms with Crippen molar-refractivity contribution in [1.29, 1.82) is 0 Å². The second-order valence-electron chi connectivity index (χ2n) is 6.61. The SMILES string of the molecule is C=Cc1c(N)nc(-c2ccc(Cl)c(N(C)C)c2F)nc1C(=O)OCc1ccccc1. The molecule has 154 valence electrons. The topological polar surface area (TPSA) is 81.3 Å². The van der Waals surface area contributed by atoms with Crippen LogP contribution in [0.2, 0.25) is 5.02 Å². The number of carbonyl (C=O) groups is 1. The van der Waals surface area contributed by atoms with Gasteiger partial charge in [-0.1, -0.05) is 54.6 Å². The number of hydrogen-bond acceptors (Lipinski definition) is 6. The first-order chi connectivity index (χ1) is 14.3. The number of halogens is 2. The van der Waals surface area contributed by atoms with Crippen LogP contribution in [0.4, 0.5) is 15.9 Å². The molecular formula is C22H20ClFN4O2. The standard InChI is InChI=1S/C22H20ClFN4O2/c1-4-14-18(22(29)30-12-13-8-6-5-7-9-13)26-21(27-20(14)25)15-10-11-16(23)19(17(15)24)28(2)3/h4-11H,1,12H2,2-3H3,(H2,25,26,27). The van der Waals surface area contributed by atoms with E-state index in [2.05, 4.69) is 16.5 Å². The second-order valence-corrected chi connectivity index (χ2v) is 7.02. The minimum Gasteiger partial charge on any atom is -0.456 e. The summed E-state index contributed by atoms with van der Waals surface area (Å²) in [6, 6.07) is 12.2. The molecule has 30 heavy (non-hydrogen) atoms. The third kappa shape index (κ3) is 4.26. The molecule has 0 saturated heterocycles. The van der Waals surface area contributed by atoms with Crippen LogP contribution in [0.3, 0.4) is 0 Å². The Balaban J connectivity index is 2.03. The van der Waals surface area contributed by atoms with Crippen LogP contribution in [-0.2, 0) is 11.3 Å². The summed E-state index contributed by atoms with van der Waals surface area (Å²) in [5.74, 6) is -1.40. The summed E-state index contributed by atoms with van der Waals surface area (Å²) in [5, 5.41) is 0.236. The third-order valence-electron chi connectivity index (χ3n) is 4.34. The monoisotopic (exact) mass is 426 g/mol. The van der Waals surface area contributed by atoms with E-state index >= 15 is 4.39 Å². The molecule has 0 aliphatic heterocycles. The van der Waals surface area contributed by atoms with Crippen LogP contribution in [-0.4, -0.2) is 30.0 Å². The van der Waals surface area contributed by atoms with Crippen LogP contribution in [0.15, 0.2) is 49.0 Å². The van der Waals surface area contributed by atoms with Crippen molar-refractivity contribution in [2.45, 2.75) is 6.61 Å². The van der Waals surface area contributed by atoms with E-state index in [-0.39, 0.29) is 45.8 Å². The van der Waals surface area contributed by atoms with Gasteiger partial charge >= 0.3 is 5.97 Å². The minimum absolute atomic E-state index is 0.0117. The van der Waals surface area contributed by atoms with Crippen LogP contribution >= 0.6 is 11.6 Å². The summed E-state index contributed by atoms with van der Waals surface area (Å²) >= 11 is 6.11. The fourth-order valence-corrected chi connectivity index (χ4v) is 3.19. The van der Waals surface area contributed by atoms with E-state index in [1.165, 1.54) is 23.1 Å². The van der Waals surface area contributed by atoms with Crippen molar-refractivity contribution in [2.75, 3.05) is 24.7 Å². The van der Waals surface area contributed by atoms with Gasteiger partial charge in [-0.25, -0.2) is 19.2 Å². The van der Waals surface area contributed by atoms with Crippen molar-refractivity contribution in [2.24, 2.45) is 0 Å². The maximum Gasteiger partial charge on any atom is 0.358 e. The van der Waals surface area contributed by atoms with Crippen molar-refractivity contribution >= 4 is 35.2 Å². The first-order valence-corrected chi connectivity index (χ1v) is 9.38. The van der Waals surface area contributed by atoms with Crippen molar-refractivity contribution < 1.29 is 13.9 Å². The van der Waals surface area contributed by atoms with Gasteiger partial charge in [0, 0.05) is 19.7 Å². The van der Waals surface area contributed by atoms with E-state index < -0.39 is 11.8 Å². The molecule has 1 heterocycles.